The highest BCUT2D eigenvalue weighted by Crippen LogP contribution is 2.25. The van der Waals surface area contributed by atoms with Crippen molar-refractivity contribution >= 4 is 17.2 Å². The Bertz CT molecular complexity index is 1160. The quantitative estimate of drug-likeness (QED) is 0.429. The number of carbonyl (C=O) groups excluding carboxylic acids is 1. The fourth-order valence-electron chi connectivity index (χ4n) is 3.36. The van der Waals surface area contributed by atoms with Crippen molar-refractivity contribution in [3.63, 3.8) is 0 Å². The van der Waals surface area contributed by atoms with E-state index < -0.39 is 6.04 Å². The Morgan fingerprint density at radius 3 is 2.61 bits per heavy atom. The Morgan fingerprint density at radius 1 is 1.06 bits per heavy atom. The molecule has 4 rings (SSSR count). The van der Waals surface area contributed by atoms with Gasteiger partial charge in [0.2, 0.25) is 5.91 Å². The van der Waals surface area contributed by atoms with Gasteiger partial charge in [0.25, 0.3) is 0 Å². The summed E-state index contributed by atoms with van der Waals surface area (Å²) < 4.78 is 13.9. The zero-order valence-corrected chi connectivity index (χ0v) is 17.9. The van der Waals surface area contributed by atoms with Gasteiger partial charge in [0.1, 0.15) is 10.8 Å². The molecule has 0 aliphatic carbocycles. The summed E-state index contributed by atoms with van der Waals surface area (Å²) in [7, 11) is 0. The standard InChI is InChI=1S/C25H22FN3OS/c1-2-17-9-11-18(12-10-17)24(19-6-5-7-20(26)14-19)29-23(30)15-21-16-31-25(28-21)22-8-3-4-13-27-22/h3-14,16,24H,2,15H2,1H3,(H,29,30)/t24-/m1/s1. The number of amides is 1. The van der Waals surface area contributed by atoms with Gasteiger partial charge in [-0.15, -0.1) is 11.3 Å². The summed E-state index contributed by atoms with van der Waals surface area (Å²) in [5, 5.41) is 5.71. The van der Waals surface area contributed by atoms with Crippen LogP contribution >= 0.6 is 11.3 Å². The van der Waals surface area contributed by atoms with E-state index >= 15 is 0 Å². The Labute approximate surface area is 184 Å². The first-order chi connectivity index (χ1) is 15.1. The molecule has 1 amide bonds. The molecule has 0 unspecified atom stereocenters. The monoisotopic (exact) mass is 431 g/mol. The SMILES string of the molecule is CCc1ccc([C@@H](NC(=O)Cc2csc(-c3ccccn3)n2)c2cccc(F)c2)cc1. The van der Waals surface area contributed by atoms with E-state index in [4.69, 9.17) is 0 Å². The maximum atomic E-state index is 13.9. The molecule has 0 spiro atoms. The van der Waals surface area contributed by atoms with Gasteiger partial charge in [-0.05, 0) is 47.4 Å². The highest BCUT2D eigenvalue weighted by Gasteiger charge is 2.19. The first-order valence-corrected chi connectivity index (χ1v) is 11.0. The van der Waals surface area contributed by atoms with Gasteiger partial charge in [0, 0.05) is 11.6 Å². The zero-order chi connectivity index (χ0) is 21.6. The lowest BCUT2D eigenvalue weighted by Crippen LogP contribution is -2.30. The van der Waals surface area contributed by atoms with E-state index in [-0.39, 0.29) is 18.1 Å². The lowest BCUT2D eigenvalue weighted by Gasteiger charge is -2.20. The van der Waals surface area contributed by atoms with Gasteiger partial charge in [-0.2, -0.15) is 0 Å². The van der Waals surface area contributed by atoms with Crippen LogP contribution < -0.4 is 5.32 Å². The van der Waals surface area contributed by atoms with Crippen LogP contribution in [0.4, 0.5) is 4.39 Å². The Morgan fingerprint density at radius 2 is 1.90 bits per heavy atom. The van der Waals surface area contributed by atoms with Crippen molar-refractivity contribution < 1.29 is 9.18 Å². The number of aryl methyl sites for hydroxylation is 1. The molecule has 2 aromatic carbocycles. The topological polar surface area (TPSA) is 54.9 Å². The van der Waals surface area contributed by atoms with E-state index in [1.165, 1.54) is 29.0 Å². The van der Waals surface area contributed by atoms with Crippen molar-refractivity contribution in [2.75, 3.05) is 0 Å². The number of rotatable bonds is 7. The summed E-state index contributed by atoms with van der Waals surface area (Å²) in [6.07, 6.45) is 2.79. The van der Waals surface area contributed by atoms with Gasteiger partial charge < -0.3 is 5.32 Å². The van der Waals surface area contributed by atoms with Crippen LogP contribution in [-0.4, -0.2) is 15.9 Å². The van der Waals surface area contributed by atoms with Gasteiger partial charge in [0.15, 0.2) is 0 Å². The predicted molar refractivity (Wildman–Crippen MR) is 121 cm³/mol. The number of aromatic nitrogens is 2. The molecule has 0 saturated carbocycles. The molecule has 4 aromatic rings. The number of thiazole rings is 1. The van der Waals surface area contributed by atoms with Crippen LogP contribution in [0.15, 0.2) is 78.3 Å². The summed E-state index contributed by atoms with van der Waals surface area (Å²) >= 11 is 1.46. The van der Waals surface area contributed by atoms with E-state index in [0.717, 1.165) is 22.7 Å². The summed E-state index contributed by atoms with van der Waals surface area (Å²) in [5.41, 5.74) is 4.28. The third-order valence-corrected chi connectivity index (χ3v) is 5.90. The van der Waals surface area contributed by atoms with Crippen LogP contribution in [0.2, 0.25) is 0 Å². The molecule has 4 nitrogen and oxygen atoms in total. The van der Waals surface area contributed by atoms with Crippen molar-refractivity contribution in [3.05, 3.63) is 107 Å². The Kier molecular flexibility index (Phi) is 6.48. The molecule has 31 heavy (non-hydrogen) atoms. The van der Waals surface area contributed by atoms with Gasteiger partial charge in [-0.3, -0.25) is 9.78 Å². The lowest BCUT2D eigenvalue weighted by atomic mass is 9.97. The maximum absolute atomic E-state index is 13.9. The van der Waals surface area contributed by atoms with Crippen LogP contribution in [0.1, 0.15) is 35.3 Å². The molecule has 156 valence electrons. The maximum Gasteiger partial charge on any atom is 0.226 e. The fraction of sp³-hybridized carbons (Fsp3) is 0.160. The van der Waals surface area contributed by atoms with Crippen molar-refractivity contribution in [1.29, 1.82) is 0 Å². The molecule has 6 heteroatoms. The number of hydrogen-bond donors (Lipinski definition) is 1. The number of nitrogens with zero attached hydrogens (tertiary/aromatic N) is 2. The molecule has 0 radical (unpaired) electrons. The zero-order valence-electron chi connectivity index (χ0n) is 17.1. The average molecular weight is 432 g/mol. The third-order valence-electron chi connectivity index (χ3n) is 4.99. The van der Waals surface area contributed by atoms with Crippen LogP contribution in [-0.2, 0) is 17.6 Å². The second-order valence-corrected chi connectivity index (χ2v) is 8.04. The molecule has 0 aliphatic rings. The first-order valence-electron chi connectivity index (χ1n) is 10.1. The van der Waals surface area contributed by atoms with Gasteiger partial charge in [-0.25, -0.2) is 9.37 Å². The van der Waals surface area contributed by atoms with Crippen molar-refractivity contribution in [2.45, 2.75) is 25.8 Å². The molecule has 0 fully saturated rings. The number of hydrogen-bond acceptors (Lipinski definition) is 4. The van der Waals surface area contributed by atoms with E-state index in [1.807, 2.05) is 53.9 Å². The fourth-order valence-corrected chi connectivity index (χ4v) is 4.16. The van der Waals surface area contributed by atoms with E-state index in [2.05, 4.69) is 22.2 Å². The second kappa shape index (κ2) is 9.62. The lowest BCUT2D eigenvalue weighted by molar-refractivity contribution is -0.121. The van der Waals surface area contributed by atoms with Gasteiger partial charge in [-0.1, -0.05) is 49.4 Å². The molecule has 0 aliphatic heterocycles. The highest BCUT2D eigenvalue weighted by molar-refractivity contribution is 7.13. The second-order valence-electron chi connectivity index (χ2n) is 7.19. The van der Waals surface area contributed by atoms with E-state index in [0.29, 0.717) is 11.3 Å². The molecule has 1 atom stereocenters. The molecule has 0 saturated heterocycles. The van der Waals surface area contributed by atoms with Crippen molar-refractivity contribution in [1.82, 2.24) is 15.3 Å². The normalized spacial score (nSPS) is 11.8. The van der Waals surface area contributed by atoms with Crippen LogP contribution in [0, 0.1) is 5.82 Å². The number of carbonyl (C=O) groups is 1. The third kappa shape index (κ3) is 5.22. The summed E-state index contributed by atoms with van der Waals surface area (Å²) in [5.74, 6) is -0.506. The summed E-state index contributed by atoms with van der Waals surface area (Å²) in [4.78, 5) is 21.7. The molecular weight excluding hydrogens is 409 g/mol. The van der Waals surface area contributed by atoms with Crippen LogP contribution in [0.3, 0.4) is 0 Å². The molecule has 2 aromatic heterocycles. The molecule has 2 heterocycles. The van der Waals surface area contributed by atoms with Crippen LogP contribution in [0.5, 0.6) is 0 Å². The van der Waals surface area contributed by atoms with Crippen molar-refractivity contribution in [2.24, 2.45) is 0 Å². The van der Waals surface area contributed by atoms with E-state index in [1.54, 1.807) is 12.3 Å². The number of nitrogens with one attached hydrogen (secondary N) is 1. The van der Waals surface area contributed by atoms with Gasteiger partial charge >= 0.3 is 0 Å². The number of pyridine rings is 1. The average Bonchev–Trinajstić information content (AvgIpc) is 3.26. The highest BCUT2D eigenvalue weighted by atomic mass is 32.1. The molecule has 1 N–H and O–H groups in total. The largest absolute Gasteiger partial charge is 0.345 e. The molecule has 0 bridgehead atoms. The summed E-state index contributed by atoms with van der Waals surface area (Å²) in [6, 6.07) is 19.6. The van der Waals surface area contributed by atoms with Crippen LogP contribution in [0.25, 0.3) is 10.7 Å². The van der Waals surface area contributed by atoms with Crippen molar-refractivity contribution in [3.8, 4) is 10.7 Å². The first kappa shape index (κ1) is 20.9. The minimum absolute atomic E-state index is 0.141. The van der Waals surface area contributed by atoms with E-state index in [9.17, 15) is 9.18 Å². The Balaban J connectivity index is 1.54. The van der Waals surface area contributed by atoms with Gasteiger partial charge in [0.05, 0.1) is 23.9 Å². The smallest absolute Gasteiger partial charge is 0.226 e. The Hall–Kier alpha value is -3.38. The summed E-state index contributed by atoms with van der Waals surface area (Å²) in [6.45, 7) is 2.09. The number of halogens is 1. The molecular formula is C25H22FN3OS. The number of benzene rings is 2. The predicted octanol–water partition coefficient (Wildman–Crippen LogP) is 5.35. The minimum atomic E-state index is -0.442. The minimum Gasteiger partial charge on any atom is -0.345 e.